The molecule has 0 atom stereocenters. The summed E-state index contributed by atoms with van der Waals surface area (Å²) in [5, 5.41) is 6.71. The minimum absolute atomic E-state index is 0.136. The van der Waals surface area contributed by atoms with Crippen molar-refractivity contribution in [1.29, 1.82) is 0 Å². The lowest BCUT2D eigenvalue weighted by Gasteiger charge is -2.07. The molecular weight excluding hydrogens is 410 g/mol. The van der Waals surface area contributed by atoms with Gasteiger partial charge in [0.2, 0.25) is 11.7 Å². The minimum Gasteiger partial charge on any atom is -0.489 e. The first-order chi connectivity index (χ1) is 13.0. The predicted molar refractivity (Wildman–Crippen MR) is 105 cm³/mol. The van der Waals surface area contributed by atoms with E-state index in [4.69, 9.17) is 9.26 Å². The van der Waals surface area contributed by atoms with Crippen molar-refractivity contribution in [3.63, 3.8) is 0 Å². The Hall–Kier alpha value is -2.93. The topological polar surface area (TPSA) is 77.2 Å². The van der Waals surface area contributed by atoms with Crippen LogP contribution in [0.25, 0.3) is 11.4 Å². The standard InChI is InChI=1S/C20H18BrN3O3/c1-13(2)12-26-17-8-4-6-15(10-17)20(25)22-11-18-23-19(24-27-18)14-5-3-7-16(21)9-14/h3-10H,1,11-12H2,2H3,(H,22,25). The summed E-state index contributed by atoms with van der Waals surface area (Å²) >= 11 is 3.41. The molecule has 1 heterocycles. The van der Waals surface area contributed by atoms with Crippen molar-refractivity contribution in [2.45, 2.75) is 13.5 Å². The fourth-order valence-electron chi connectivity index (χ4n) is 2.26. The lowest BCUT2D eigenvalue weighted by molar-refractivity contribution is 0.0946. The smallest absolute Gasteiger partial charge is 0.251 e. The van der Waals surface area contributed by atoms with E-state index >= 15 is 0 Å². The molecule has 0 saturated heterocycles. The van der Waals surface area contributed by atoms with Crippen LogP contribution in [0.1, 0.15) is 23.2 Å². The lowest BCUT2D eigenvalue weighted by Crippen LogP contribution is -2.23. The maximum Gasteiger partial charge on any atom is 0.251 e. The largest absolute Gasteiger partial charge is 0.489 e. The molecule has 138 valence electrons. The number of hydrogen-bond acceptors (Lipinski definition) is 5. The van der Waals surface area contributed by atoms with E-state index in [1.807, 2.05) is 31.2 Å². The summed E-state index contributed by atoms with van der Waals surface area (Å²) in [6, 6.07) is 14.5. The van der Waals surface area contributed by atoms with Gasteiger partial charge in [0.1, 0.15) is 12.4 Å². The highest BCUT2D eigenvalue weighted by atomic mass is 79.9. The highest BCUT2D eigenvalue weighted by Crippen LogP contribution is 2.20. The molecule has 0 aliphatic heterocycles. The normalized spacial score (nSPS) is 10.4. The third-order valence-corrected chi connectivity index (χ3v) is 4.03. The number of nitrogens with zero attached hydrogens (tertiary/aromatic N) is 2. The second kappa shape index (κ2) is 8.64. The van der Waals surface area contributed by atoms with Gasteiger partial charge < -0.3 is 14.6 Å². The summed E-state index contributed by atoms with van der Waals surface area (Å²) in [7, 11) is 0. The number of carbonyl (C=O) groups excluding carboxylic acids is 1. The number of amides is 1. The van der Waals surface area contributed by atoms with Crippen LogP contribution in [0.5, 0.6) is 5.75 Å². The number of hydrogen-bond donors (Lipinski definition) is 1. The lowest BCUT2D eigenvalue weighted by atomic mass is 10.2. The second-order valence-corrected chi connectivity index (χ2v) is 6.89. The van der Waals surface area contributed by atoms with Crippen molar-refractivity contribution in [2.75, 3.05) is 6.61 Å². The Kier molecular flexibility index (Phi) is 6.03. The summed E-state index contributed by atoms with van der Waals surface area (Å²) < 4.78 is 11.7. The molecule has 0 spiro atoms. The van der Waals surface area contributed by atoms with E-state index < -0.39 is 0 Å². The van der Waals surface area contributed by atoms with Gasteiger partial charge in [0.05, 0.1) is 6.54 Å². The van der Waals surface area contributed by atoms with Gasteiger partial charge in [-0.3, -0.25) is 4.79 Å². The number of benzene rings is 2. The van der Waals surface area contributed by atoms with Crippen molar-refractivity contribution >= 4 is 21.8 Å². The Morgan fingerprint density at radius 3 is 2.85 bits per heavy atom. The molecule has 3 aromatic rings. The van der Waals surface area contributed by atoms with E-state index in [9.17, 15) is 4.79 Å². The molecule has 0 unspecified atom stereocenters. The average molecular weight is 428 g/mol. The average Bonchev–Trinajstić information content (AvgIpc) is 3.14. The third-order valence-electron chi connectivity index (χ3n) is 3.53. The van der Waals surface area contributed by atoms with Gasteiger partial charge in [-0.25, -0.2) is 0 Å². The van der Waals surface area contributed by atoms with Crippen LogP contribution in [0.4, 0.5) is 0 Å². The molecule has 2 aromatic carbocycles. The number of nitrogens with one attached hydrogen (secondary N) is 1. The van der Waals surface area contributed by atoms with Gasteiger partial charge in [-0.1, -0.05) is 45.9 Å². The van der Waals surface area contributed by atoms with Crippen molar-refractivity contribution in [1.82, 2.24) is 15.5 Å². The van der Waals surface area contributed by atoms with Gasteiger partial charge in [0.25, 0.3) is 5.91 Å². The molecule has 1 aromatic heterocycles. The Morgan fingerprint density at radius 2 is 2.07 bits per heavy atom. The molecular formula is C20H18BrN3O3. The zero-order valence-corrected chi connectivity index (χ0v) is 16.3. The summed E-state index contributed by atoms with van der Waals surface area (Å²) in [6.45, 7) is 6.21. The predicted octanol–water partition coefficient (Wildman–Crippen LogP) is 4.38. The quantitative estimate of drug-likeness (QED) is 0.565. The molecule has 0 fully saturated rings. The molecule has 0 bridgehead atoms. The number of aromatic nitrogens is 2. The van der Waals surface area contributed by atoms with Crippen LogP contribution in [0.3, 0.4) is 0 Å². The summed E-state index contributed by atoms with van der Waals surface area (Å²) in [5.41, 5.74) is 2.22. The highest BCUT2D eigenvalue weighted by Gasteiger charge is 2.12. The van der Waals surface area contributed by atoms with Gasteiger partial charge in [-0.2, -0.15) is 4.98 Å². The van der Waals surface area contributed by atoms with E-state index in [0.717, 1.165) is 15.6 Å². The van der Waals surface area contributed by atoms with Crippen LogP contribution in [-0.2, 0) is 6.54 Å². The number of ether oxygens (including phenoxy) is 1. The molecule has 3 rings (SSSR count). The summed E-state index contributed by atoms with van der Waals surface area (Å²) in [4.78, 5) is 16.7. The van der Waals surface area contributed by atoms with E-state index in [2.05, 4.69) is 38.0 Å². The van der Waals surface area contributed by atoms with E-state index in [-0.39, 0.29) is 12.5 Å². The Morgan fingerprint density at radius 1 is 1.26 bits per heavy atom. The van der Waals surface area contributed by atoms with Crippen molar-refractivity contribution in [3.8, 4) is 17.1 Å². The van der Waals surface area contributed by atoms with Gasteiger partial charge in [0, 0.05) is 15.6 Å². The van der Waals surface area contributed by atoms with Crippen molar-refractivity contribution < 1.29 is 14.1 Å². The van der Waals surface area contributed by atoms with Crippen LogP contribution in [0, 0.1) is 0 Å². The van der Waals surface area contributed by atoms with Gasteiger partial charge >= 0.3 is 0 Å². The van der Waals surface area contributed by atoms with Crippen LogP contribution < -0.4 is 10.1 Å². The molecule has 7 heteroatoms. The first kappa shape index (κ1) is 18.8. The second-order valence-electron chi connectivity index (χ2n) is 5.98. The van der Waals surface area contributed by atoms with Crippen LogP contribution in [0.2, 0.25) is 0 Å². The molecule has 1 N–H and O–H groups in total. The Bertz CT molecular complexity index is 968. The van der Waals surface area contributed by atoms with E-state index in [0.29, 0.717) is 29.6 Å². The molecule has 6 nitrogen and oxygen atoms in total. The fraction of sp³-hybridized carbons (Fsp3) is 0.150. The number of halogens is 1. The zero-order chi connectivity index (χ0) is 19.2. The number of rotatable bonds is 7. The SMILES string of the molecule is C=C(C)COc1cccc(C(=O)NCc2nc(-c3cccc(Br)c3)no2)c1. The first-order valence-electron chi connectivity index (χ1n) is 8.25. The van der Waals surface area contributed by atoms with Gasteiger partial charge in [-0.15, -0.1) is 0 Å². The maximum atomic E-state index is 12.3. The number of carbonyl (C=O) groups is 1. The third kappa shape index (κ3) is 5.27. The van der Waals surface area contributed by atoms with Crippen molar-refractivity contribution in [2.24, 2.45) is 0 Å². The van der Waals surface area contributed by atoms with Gasteiger partial charge in [-0.05, 0) is 42.8 Å². The molecule has 0 aliphatic carbocycles. The summed E-state index contributed by atoms with van der Waals surface area (Å²) in [5.74, 6) is 1.15. The minimum atomic E-state index is -0.252. The molecule has 0 aliphatic rings. The highest BCUT2D eigenvalue weighted by molar-refractivity contribution is 9.10. The Balaban J connectivity index is 1.61. The van der Waals surface area contributed by atoms with Crippen LogP contribution in [0.15, 0.2) is 69.7 Å². The fourth-order valence-corrected chi connectivity index (χ4v) is 2.66. The zero-order valence-electron chi connectivity index (χ0n) is 14.7. The van der Waals surface area contributed by atoms with E-state index in [1.54, 1.807) is 24.3 Å². The van der Waals surface area contributed by atoms with Crippen LogP contribution >= 0.6 is 15.9 Å². The first-order valence-corrected chi connectivity index (χ1v) is 9.04. The molecule has 0 saturated carbocycles. The van der Waals surface area contributed by atoms with Crippen molar-refractivity contribution in [3.05, 3.63) is 76.6 Å². The monoisotopic (exact) mass is 427 g/mol. The van der Waals surface area contributed by atoms with Gasteiger partial charge in [0.15, 0.2) is 0 Å². The molecule has 27 heavy (non-hydrogen) atoms. The Labute approximate surface area is 165 Å². The van der Waals surface area contributed by atoms with E-state index in [1.165, 1.54) is 0 Å². The van der Waals surface area contributed by atoms with Crippen LogP contribution in [-0.4, -0.2) is 22.7 Å². The molecule has 0 radical (unpaired) electrons. The molecule has 1 amide bonds. The summed E-state index contributed by atoms with van der Waals surface area (Å²) in [6.07, 6.45) is 0. The maximum absolute atomic E-state index is 12.3.